The van der Waals surface area contributed by atoms with Gasteiger partial charge < -0.3 is 5.32 Å². The quantitative estimate of drug-likeness (QED) is 0.775. The smallest absolute Gasteiger partial charge is 0.228 e. The highest BCUT2D eigenvalue weighted by atomic mass is 35.5. The molecule has 0 saturated carbocycles. The minimum Gasteiger partial charge on any atom is -0.326 e. The summed E-state index contributed by atoms with van der Waals surface area (Å²) >= 11 is 6.06. The van der Waals surface area contributed by atoms with E-state index in [0.717, 1.165) is 11.1 Å². The molecule has 3 rings (SSSR count). The molecule has 110 valence electrons. The van der Waals surface area contributed by atoms with Crippen molar-refractivity contribution in [2.24, 2.45) is 0 Å². The van der Waals surface area contributed by atoms with Crippen molar-refractivity contribution < 1.29 is 4.79 Å². The Morgan fingerprint density at radius 3 is 2.82 bits per heavy atom. The van der Waals surface area contributed by atoms with Crippen molar-refractivity contribution in [3.05, 3.63) is 59.1 Å². The summed E-state index contributed by atoms with van der Waals surface area (Å²) in [6.45, 7) is 0. The predicted octanol–water partition coefficient (Wildman–Crippen LogP) is 2.70. The number of halogens is 1. The number of tetrazole rings is 1. The molecule has 0 aliphatic carbocycles. The van der Waals surface area contributed by atoms with Crippen LogP contribution >= 0.6 is 11.6 Å². The fourth-order valence-electron chi connectivity index (χ4n) is 2.04. The monoisotopic (exact) mass is 313 g/mol. The van der Waals surface area contributed by atoms with Gasteiger partial charge in [-0.1, -0.05) is 41.9 Å². The number of carbonyl (C=O) groups is 1. The molecule has 0 saturated heterocycles. The first-order valence-electron chi connectivity index (χ1n) is 6.59. The zero-order valence-electron chi connectivity index (χ0n) is 11.5. The number of aromatic nitrogens is 4. The average Bonchev–Trinajstić information content (AvgIpc) is 3.04. The molecule has 7 heteroatoms. The molecular formula is C15H12ClN5O. The summed E-state index contributed by atoms with van der Waals surface area (Å²) in [5, 5.41) is 17.1. The lowest BCUT2D eigenvalue weighted by atomic mass is 10.1. The second-order valence-electron chi connectivity index (χ2n) is 4.63. The molecule has 3 aromatic rings. The number of carbonyl (C=O) groups excluding carboxylic acids is 1. The van der Waals surface area contributed by atoms with Gasteiger partial charge in [0, 0.05) is 16.3 Å². The summed E-state index contributed by atoms with van der Waals surface area (Å²) in [6, 6.07) is 14.5. The van der Waals surface area contributed by atoms with Crippen LogP contribution in [0.2, 0.25) is 5.02 Å². The van der Waals surface area contributed by atoms with E-state index >= 15 is 0 Å². The third-order valence-electron chi connectivity index (χ3n) is 3.06. The van der Waals surface area contributed by atoms with Crippen LogP contribution in [0, 0.1) is 0 Å². The van der Waals surface area contributed by atoms with Crippen molar-refractivity contribution in [1.29, 1.82) is 0 Å². The molecule has 0 spiro atoms. The van der Waals surface area contributed by atoms with Crippen molar-refractivity contribution in [2.75, 3.05) is 5.32 Å². The van der Waals surface area contributed by atoms with Crippen molar-refractivity contribution in [3.8, 4) is 11.4 Å². The fourth-order valence-corrected chi connectivity index (χ4v) is 2.24. The van der Waals surface area contributed by atoms with Crippen LogP contribution in [0.25, 0.3) is 11.4 Å². The lowest BCUT2D eigenvalue weighted by Crippen LogP contribution is -2.14. The van der Waals surface area contributed by atoms with Crippen LogP contribution in [0.15, 0.2) is 48.5 Å². The van der Waals surface area contributed by atoms with Gasteiger partial charge in [0.2, 0.25) is 11.7 Å². The van der Waals surface area contributed by atoms with Crippen molar-refractivity contribution in [2.45, 2.75) is 6.42 Å². The first kappa shape index (κ1) is 14.2. The number of rotatable bonds is 4. The van der Waals surface area contributed by atoms with Gasteiger partial charge in [-0.3, -0.25) is 4.79 Å². The summed E-state index contributed by atoms with van der Waals surface area (Å²) in [7, 11) is 0. The molecule has 0 fully saturated rings. The van der Waals surface area contributed by atoms with Crippen LogP contribution in [0.3, 0.4) is 0 Å². The van der Waals surface area contributed by atoms with Gasteiger partial charge in [-0.15, -0.1) is 10.2 Å². The minimum absolute atomic E-state index is 0.140. The Labute approximate surface area is 131 Å². The van der Waals surface area contributed by atoms with E-state index in [2.05, 4.69) is 25.9 Å². The number of nitrogens with zero attached hydrogens (tertiary/aromatic N) is 3. The molecule has 1 amide bonds. The number of aromatic amines is 1. The Hall–Kier alpha value is -2.73. The highest BCUT2D eigenvalue weighted by Gasteiger charge is 2.08. The largest absolute Gasteiger partial charge is 0.326 e. The highest BCUT2D eigenvalue weighted by molar-refractivity contribution is 6.31. The molecule has 1 heterocycles. The van der Waals surface area contributed by atoms with Gasteiger partial charge in [0.15, 0.2) is 0 Å². The van der Waals surface area contributed by atoms with E-state index in [9.17, 15) is 4.79 Å². The van der Waals surface area contributed by atoms with Gasteiger partial charge >= 0.3 is 0 Å². The number of nitrogens with one attached hydrogen (secondary N) is 2. The van der Waals surface area contributed by atoms with E-state index in [4.69, 9.17) is 11.6 Å². The summed E-state index contributed by atoms with van der Waals surface area (Å²) < 4.78 is 0. The molecule has 0 radical (unpaired) electrons. The SMILES string of the molecule is O=C(Cc1ccccc1Cl)Nc1cccc(-c2nn[nH]n2)c1. The normalized spacial score (nSPS) is 10.4. The molecule has 1 aromatic heterocycles. The minimum atomic E-state index is -0.140. The molecule has 0 aliphatic heterocycles. The second kappa shape index (κ2) is 6.36. The number of H-pyrrole nitrogens is 1. The zero-order valence-corrected chi connectivity index (χ0v) is 12.2. The van der Waals surface area contributed by atoms with Gasteiger partial charge in [-0.25, -0.2) is 0 Å². The number of anilines is 1. The van der Waals surface area contributed by atoms with Crippen molar-refractivity contribution in [3.63, 3.8) is 0 Å². The Kier molecular flexibility index (Phi) is 4.11. The van der Waals surface area contributed by atoms with E-state index in [1.165, 1.54) is 0 Å². The van der Waals surface area contributed by atoms with Crippen LogP contribution in [-0.2, 0) is 11.2 Å². The molecular weight excluding hydrogens is 302 g/mol. The van der Waals surface area contributed by atoms with Gasteiger partial charge in [-0.2, -0.15) is 5.21 Å². The lowest BCUT2D eigenvalue weighted by molar-refractivity contribution is -0.115. The third-order valence-corrected chi connectivity index (χ3v) is 3.43. The van der Waals surface area contributed by atoms with Crippen LogP contribution in [0.5, 0.6) is 0 Å². The molecule has 0 unspecified atom stereocenters. The Bertz CT molecular complexity index is 788. The van der Waals surface area contributed by atoms with Gasteiger partial charge in [0.1, 0.15) is 0 Å². The van der Waals surface area contributed by atoms with Crippen molar-refractivity contribution in [1.82, 2.24) is 20.6 Å². The van der Waals surface area contributed by atoms with E-state index < -0.39 is 0 Å². The summed E-state index contributed by atoms with van der Waals surface area (Å²) in [5.74, 6) is 0.334. The number of benzene rings is 2. The molecule has 0 aliphatic rings. The maximum absolute atomic E-state index is 12.1. The maximum Gasteiger partial charge on any atom is 0.228 e. The third kappa shape index (κ3) is 3.29. The van der Waals surface area contributed by atoms with Crippen molar-refractivity contribution >= 4 is 23.2 Å². The Morgan fingerprint density at radius 1 is 1.18 bits per heavy atom. The van der Waals surface area contributed by atoms with E-state index in [-0.39, 0.29) is 12.3 Å². The lowest BCUT2D eigenvalue weighted by Gasteiger charge is -2.07. The standard InChI is InChI=1S/C15H12ClN5O/c16-13-7-2-1-4-10(13)9-14(22)17-12-6-3-5-11(8-12)15-18-20-21-19-15/h1-8H,9H2,(H,17,22)(H,18,19,20,21). The summed E-state index contributed by atoms with van der Waals surface area (Å²) in [6.07, 6.45) is 0.214. The summed E-state index contributed by atoms with van der Waals surface area (Å²) in [5.41, 5.74) is 2.22. The first-order valence-corrected chi connectivity index (χ1v) is 6.97. The van der Waals surface area contributed by atoms with Gasteiger partial charge in [0.05, 0.1) is 6.42 Å². The van der Waals surface area contributed by atoms with Gasteiger partial charge in [0.25, 0.3) is 0 Å². The zero-order chi connectivity index (χ0) is 15.4. The molecule has 22 heavy (non-hydrogen) atoms. The number of hydrogen-bond donors (Lipinski definition) is 2. The number of hydrogen-bond acceptors (Lipinski definition) is 4. The molecule has 2 N–H and O–H groups in total. The molecule has 6 nitrogen and oxygen atoms in total. The summed E-state index contributed by atoms with van der Waals surface area (Å²) in [4.78, 5) is 12.1. The second-order valence-corrected chi connectivity index (χ2v) is 5.04. The van der Waals surface area contributed by atoms with E-state index in [1.54, 1.807) is 18.2 Å². The molecule has 0 bridgehead atoms. The van der Waals surface area contributed by atoms with Crippen LogP contribution < -0.4 is 5.32 Å². The highest BCUT2D eigenvalue weighted by Crippen LogP contribution is 2.19. The van der Waals surface area contributed by atoms with Crippen LogP contribution in [-0.4, -0.2) is 26.5 Å². The fraction of sp³-hybridized carbons (Fsp3) is 0.0667. The Morgan fingerprint density at radius 2 is 2.05 bits per heavy atom. The predicted molar refractivity (Wildman–Crippen MR) is 83.4 cm³/mol. The van der Waals surface area contributed by atoms with Crippen LogP contribution in [0.1, 0.15) is 5.56 Å². The average molecular weight is 314 g/mol. The van der Waals surface area contributed by atoms with Crippen LogP contribution in [0.4, 0.5) is 5.69 Å². The van der Waals surface area contributed by atoms with E-state index in [1.807, 2.05) is 30.3 Å². The molecule has 0 atom stereocenters. The first-order chi connectivity index (χ1) is 10.7. The van der Waals surface area contributed by atoms with Gasteiger partial charge in [-0.05, 0) is 29.0 Å². The number of amides is 1. The molecule has 2 aromatic carbocycles. The topological polar surface area (TPSA) is 83.6 Å². The van der Waals surface area contributed by atoms with E-state index in [0.29, 0.717) is 16.5 Å². The maximum atomic E-state index is 12.1. The Balaban J connectivity index is 1.72.